The summed E-state index contributed by atoms with van der Waals surface area (Å²) in [6, 6.07) is 5.26. The Labute approximate surface area is 163 Å². The minimum absolute atomic E-state index is 0.156. The molecule has 2 atom stereocenters. The summed E-state index contributed by atoms with van der Waals surface area (Å²) in [5, 5.41) is 4.23. The second-order valence-electron chi connectivity index (χ2n) is 8.39. The van der Waals surface area contributed by atoms with Gasteiger partial charge in [-0.25, -0.2) is 14.2 Å². The van der Waals surface area contributed by atoms with Crippen LogP contribution in [0.15, 0.2) is 28.9 Å². The van der Waals surface area contributed by atoms with Crippen molar-refractivity contribution in [2.75, 3.05) is 19.6 Å². The molecule has 7 nitrogen and oxygen atoms in total. The zero-order valence-corrected chi connectivity index (χ0v) is 16.4. The highest BCUT2D eigenvalue weighted by molar-refractivity contribution is 5.68. The summed E-state index contributed by atoms with van der Waals surface area (Å²) in [6.07, 6.45) is 2.86. The van der Waals surface area contributed by atoms with Crippen LogP contribution in [0.4, 0.5) is 9.18 Å². The summed E-state index contributed by atoms with van der Waals surface area (Å²) in [6.45, 7) is 7.70. The molecule has 0 aliphatic carbocycles. The molecule has 2 aliphatic heterocycles. The first-order chi connectivity index (χ1) is 13.3. The number of hydrogen-bond acceptors (Lipinski definition) is 6. The highest BCUT2D eigenvalue weighted by atomic mass is 19.1. The average Bonchev–Trinajstić information content (AvgIpc) is 3.27. The fourth-order valence-corrected chi connectivity index (χ4v) is 3.95. The topological polar surface area (TPSA) is 71.7 Å². The second kappa shape index (κ2) is 7.16. The molecular weight excluding hydrogens is 363 g/mol. The highest BCUT2D eigenvalue weighted by Gasteiger charge is 2.41. The van der Waals surface area contributed by atoms with E-state index in [4.69, 9.17) is 9.26 Å². The molecule has 0 spiro atoms. The highest BCUT2D eigenvalue weighted by Crippen LogP contribution is 2.38. The van der Waals surface area contributed by atoms with Crippen LogP contribution < -0.4 is 0 Å². The first kappa shape index (κ1) is 18.9. The van der Waals surface area contributed by atoms with Crippen molar-refractivity contribution in [1.82, 2.24) is 19.9 Å². The minimum Gasteiger partial charge on any atom is -0.444 e. The molecule has 2 aromatic heterocycles. The molecule has 0 unspecified atom stereocenters. The molecule has 0 radical (unpaired) electrons. The first-order valence-electron chi connectivity index (χ1n) is 9.62. The smallest absolute Gasteiger partial charge is 0.410 e. The van der Waals surface area contributed by atoms with Crippen LogP contribution in [-0.4, -0.2) is 57.3 Å². The lowest BCUT2D eigenvalue weighted by Crippen LogP contribution is -2.53. The fourth-order valence-electron chi connectivity index (χ4n) is 3.95. The maximum atomic E-state index is 13.1. The molecule has 1 amide bonds. The van der Waals surface area contributed by atoms with E-state index in [2.05, 4.69) is 15.0 Å². The van der Waals surface area contributed by atoms with E-state index in [0.717, 1.165) is 25.1 Å². The van der Waals surface area contributed by atoms with E-state index in [-0.39, 0.29) is 24.0 Å². The Morgan fingerprint density at radius 3 is 2.82 bits per heavy atom. The normalized spacial score (nSPS) is 22.9. The number of ether oxygens (including phenoxy) is 1. The predicted octanol–water partition coefficient (Wildman–Crippen LogP) is 3.63. The van der Waals surface area contributed by atoms with Crippen molar-refractivity contribution in [3.8, 4) is 11.5 Å². The molecule has 8 heteroatoms. The number of piperazine rings is 1. The monoisotopic (exact) mass is 388 g/mol. The lowest BCUT2D eigenvalue weighted by Gasteiger charge is -2.39. The number of pyridine rings is 1. The average molecular weight is 388 g/mol. The van der Waals surface area contributed by atoms with Gasteiger partial charge in [0.05, 0.1) is 12.2 Å². The summed E-state index contributed by atoms with van der Waals surface area (Å²) < 4.78 is 24.0. The van der Waals surface area contributed by atoms with Gasteiger partial charge < -0.3 is 14.2 Å². The van der Waals surface area contributed by atoms with Crippen LogP contribution in [0.25, 0.3) is 11.5 Å². The predicted molar refractivity (Wildman–Crippen MR) is 100.0 cm³/mol. The molecule has 0 aromatic carbocycles. The number of carbonyl (C=O) groups excluding carboxylic acids is 1. The van der Waals surface area contributed by atoms with Gasteiger partial charge in [-0.05, 0) is 45.7 Å². The standard InChI is InChI=1S/C20H25FN4O3/c1-20(2,3)27-19(26)24-8-9-25-14(12-24)5-7-17(25)16-10-18(28-23-16)15-6-4-13(21)11-22-15/h4,6,10-11,14,17H,5,7-9,12H2,1-3H3/t14-,17+/m0/s1. The van der Waals surface area contributed by atoms with Crippen molar-refractivity contribution >= 4 is 6.09 Å². The molecule has 4 heterocycles. The van der Waals surface area contributed by atoms with E-state index >= 15 is 0 Å². The molecule has 2 fully saturated rings. The van der Waals surface area contributed by atoms with Crippen molar-refractivity contribution in [1.29, 1.82) is 0 Å². The van der Waals surface area contributed by atoms with Crippen molar-refractivity contribution in [3.63, 3.8) is 0 Å². The molecule has 2 saturated heterocycles. The molecule has 2 aromatic rings. The molecule has 0 bridgehead atoms. The summed E-state index contributed by atoms with van der Waals surface area (Å²) in [7, 11) is 0. The van der Waals surface area contributed by atoms with Gasteiger partial charge in [0.15, 0.2) is 5.76 Å². The van der Waals surface area contributed by atoms with Crippen LogP contribution in [-0.2, 0) is 4.74 Å². The Morgan fingerprint density at radius 2 is 2.11 bits per heavy atom. The maximum Gasteiger partial charge on any atom is 0.410 e. The molecule has 28 heavy (non-hydrogen) atoms. The van der Waals surface area contributed by atoms with Crippen LogP contribution in [0.1, 0.15) is 45.3 Å². The van der Waals surface area contributed by atoms with Gasteiger partial charge in [0, 0.05) is 31.7 Å². The molecule has 150 valence electrons. The van der Waals surface area contributed by atoms with Gasteiger partial charge in [-0.1, -0.05) is 5.16 Å². The Balaban J connectivity index is 1.43. The molecule has 2 aliphatic rings. The number of carbonyl (C=O) groups is 1. The molecular formula is C20H25FN4O3. The van der Waals surface area contributed by atoms with Crippen molar-refractivity contribution in [2.24, 2.45) is 0 Å². The molecule has 0 N–H and O–H groups in total. The zero-order valence-electron chi connectivity index (χ0n) is 16.4. The van der Waals surface area contributed by atoms with Gasteiger partial charge in [0.1, 0.15) is 22.8 Å². The van der Waals surface area contributed by atoms with Gasteiger partial charge in [-0.15, -0.1) is 0 Å². The first-order valence-corrected chi connectivity index (χ1v) is 9.62. The molecule has 0 saturated carbocycles. The van der Waals surface area contributed by atoms with Crippen LogP contribution >= 0.6 is 0 Å². The maximum absolute atomic E-state index is 13.1. The fraction of sp³-hybridized carbons (Fsp3) is 0.550. The molecule has 4 rings (SSSR count). The van der Waals surface area contributed by atoms with Crippen molar-refractivity contribution in [2.45, 2.75) is 51.3 Å². The number of rotatable bonds is 2. The van der Waals surface area contributed by atoms with Gasteiger partial charge in [-0.3, -0.25) is 4.90 Å². The third-order valence-corrected chi connectivity index (χ3v) is 5.20. The lowest BCUT2D eigenvalue weighted by atomic mass is 10.1. The summed E-state index contributed by atoms with van der Waals surface area (Å²) in [5.74, 6) is 0.149. The van der Waals surface area contributed by atoms with E-state index in [0.29, 0.717) is 24.5 Å². The Kier molecular flexibility index (Phi) is 4.82. The van der Waals surface area contributed by atoms with Crippen LogP contribution in [0.2, 0.25) is 0 Å². The number of nitrogens with zero attached hydrogens (tertiary/aromatic N) is 4. The van der Waals surface area contributed by atoms with E-state index in [1.165, 1.54) is 12.3 Å². The lowest BCUT2D eigenvalue weighted by molar-refractivity contribution is 0.00464. The Morgan fingerprint density at radius 1 is 1.29 bits per heavy atom. The van der Waals surface area contributed by atoms with E-state index < -0.39 is 5.60 Å². The number of amides is 1. The largest absolute Gasteiger partial charge is 0.444 e. The summed E-state index contributed by atoms with van der Waals surface area (Å²) >= 11 is 0. The summed E-state index contributed by atoms with van der Waals surface area (Å²) in [5.41, 5.74) is 0.927. The number of fused-ring (bicyclic) bond motifs is 1. The van der Waals surface area contributed by atoms with Crippen LogP contribution in [0.5, 0.6) is 0 Å². The Hall–Kier alpha value is -2.48. The summed E-state index contributed by atoms with van der Waals surface area (Å²) in [4.78, 5) is 20.6. The van der Waals surface area contributed by atoms with Gasteiger partial charge in [0.2, 0.25) is 0 Å². The van der Waals surface area contributed by atoms with Crippen LogP contribution in [0, 0.1) is 5.82 Å². The Bertz CT molecular complexity index is 846. The third-order valence-electron chi connectivity index (χ3n) is 5.20. The number of hydrogen-bond donors (Lipinski definition) is 0. The second-order valence-corrected chi connectivity index (χ2v) is 8.39. The van der Waals surface area contributed by atoms with Crippen molar-refractivity contribution < 1.29 is 18.4 Å². The number of halogens is 1. The number of aromatic nitrogens is 2. The third kappa shape index (κ3) is 3.87. The van der Waals surface area contributed by atoms with E-state index in [1.807, 2.05) is 26.8 Å². The van der Waals surface area contributed by atoms with E-state index in [1.54, 1.807) is 11.0 Å². The van der Waals surface area contributed by atoms with Gasteiger partial charge >= 0.3 is 6.09 Å². The SMILES string of the molecule is CC(C)(C)OC(=O)N1CCN2[C@@H](CC[C@@H]2c2cc(-c3ccc(F)cn3)on2)C1. The zero-order chi connectivity index (χ0) is 19.9. The van der Waals surface area contributed by atoms with Gasteiger partial charge in [-0.2, -0.15) is 0 Å². The van der Waals surface area contributed by atoms with E-state index in [9.17, 15) is 9.18 Å². The van der Waals surface area contributed by atoms with Gasteiger partial charge in [0.25, 0.3) is 0 Å². The minimum atomic E-state index is -0.488. The van der Waals surface area contributed by atoms with Crippen LogP contribution in [0.3, 0.4) is 0 Å². The van der Waals surface area contributed by atoms with Crippen molar-refractivity contribution in [3.05, 3.63) is 35.9 Å². The quantitative estimate of drug-likeness (QED) is 0.782.